The van der Waals surface area contributed by atoms with Gasteiger partial charge in [-0.1, -0.05) is 19.3 Å². The van der Waals surface area contributed by atoms with Gasteiger partial charge in [-0.25, -0.2) is 4.98 Å². The second-order valence-corrected chi connectivity index (χ2v) is 4.92. The van der Waals surface area contributed by atoms with Crippen molar-refractivity contribution in [1.82, 2.24) is 9.55 Å². The lowest BCUT2D eigenvalue weighted by atomic mass is 9.97. The fourth-order valence-electron chi connectivity index (χ4n) is 2.15. The molecule has 0 aliphatic carbocycles. The summed E-state index contributed by atoms with van der Waals surface area (Å²) in [6, 6.07) is 0. The van der Waals surface area contributed by atoms with Gasteiger partial charge in [0, 0.05) is 18.9 Å². The van der Waals surface area contributed by atoms with Crippen molar-refractivity contribution in [3.05, 3.63) is 18.7 Å². The molecule has 1 aromatic heterocycles. The number of ketones is 1. The fraction of sp³-hybridized carbons (Fsp3) is 0.667. The zero-order valence-electron chi connectivity index (χ0n) is 12.4. The molecule has 0 aromatic carbocycles. The van der Waals surface area contributed by atoms with Crippen molar-refractivity contribution in [2.75, 3.05) is 6.61 Å². The summed E-state index contributed by atoms with van der Waals surface area (Å²) in [5, 5.41) is 0. The van der Waals surface area contributed by atoms with E-state index < -0.39 is 5.92 Å². The molecule has 0 radical (unpaired) electrons. The number of unbranched alkanes of at least 4 members (excludes halogenated alkanes) is 3. The Morgan fingerprint density at radius 1 is 1.25 bits per heavy atom. The lowest BCUT2D eigenvalue weighted by Gasteiger charge is -2.12. The van der Waals surface area contributed by atoms with Gasteiger partial charge in [0.05, 0.1) is 12.9 Å². The van der Waals surface area contributed by atoms with Crippen LogP contribution in [0.2, 0.25) is 0 Å². The van der Waals surface area contributed by atoms with E-state index in [-0.39, 0.29) is 11.8 Å². The zero-order chi connectivity index (χ0) is 14.8. The number of rotatable bonds is 10. The molecule has 0 unspecified atom stereocenters. The Kier molecular flexibility index (Phi) is 7.62. The number of aryl methyl sites for hydroxylation is 1. The third-order valence-electron chi connectivity index (χ3n) is 3.28. The quantitative estimate of drug-likeness (QED) is 0.375. The Morgan fingerprint density at radius 2 is 2.00 bits per heavy atom. The van der Waals surface area contributed by atoms with Gasteiger partial charge in [0.15, 0.2) is 0 Å². The van der Waals surface area contributed by atoms with E-state index in [0.29, 0.717) is 13.0 Å². The molecular weight excluding hydrogens is 256 g/mol. The highest BCUT2D eigenvalue weighted by Crippen LogP contribution is 2.14. The van der Waals surface area contributed by atoms with Crippen molar-refractivity contribution in [2.24, 2.45) is 5.92 Å². The minimum atomic E-state index is -0.580. The number of hydrogen-bond donors (Lipinski definition) is 0. The van der Waals surface area contributed by atoms with E-state index in [1.807, 2.05) is 12.5 Å². The van der Waals surface area contributed by atoms with Gasteiger partial charge in [-0.2, -0.15) is 0 Å². The van der Waals surface area contributed by atoms with Crippen molar-refractivity contribution >= 4 is 11.8 Å². The van der Waals surface area contributed by atoms with Gasteiger partial charge >= 0.3 is 5.97 Å². The predicted molar refractivity (Wildman–Crippen MR) is 76.1 cm³/mol. The maximum atomic E-state index is 11.6. The molecule has 0 aliphatic rings. The number of aromatic nitrogens is 2. The molecule has 1 atom stereocenters. The lowest BCUT2D eigenvalue weighted by molar-refractivity contribution is -0.151. The Hall–Kier alpha value is -1.65. The molecule has 1 rings (SSSR count). The second kappa shape index (κ2) is 9.28. The molecule has 20 heavy (non-hydrogen) atoms. The maximum Gasteiger partial charge on any atom is 0.316 e. The fourth-order valence-corrected chi connectivity index (χ4v) is 2.15. The molecular formula is C15H24N2O3. The van der Waals surface area contributed by atoms with Crippen LogP contribution in [-0.4, -0.2) is 27.9 Å². The Morgan fingerprint density at radius 3 is 2.60 bits per heavy atom. The minimum Gasteiger partial charge on any atom is -0.465 e. The zero-order valence-corrected chi connectivity index (χ0v) is 12.4. The highest BCUT2D eigenvalue weighted by molar-refractivity contribution is 5.97. The number of esters is 1. The van der Waals surface area contributed by atoms with Crippen LogP contribution < -0.4 is 0 Å². The van der Waals surface area contributed by atoms with Crippen LogP contribution in [-0.2, 0) is 20.9 Å². The molecule has 5 heteroatoms. The summed E-state index contributed by atoms with van der Waals surface area (Å²) in [5.74, 6) is -1.05. The summed E-state index contributed by atoms with van der Waals surface area (Å²) in [5.41, 5.74) is 0. The van der Waals surface area contributed by atoms with Crippen LogP contribution in [0.3, 0.4) is 0 Å². The molecule has 1 aromatic rings. The average molecular weight is 280 g/mol. The minimum absolute atomic E-state index is 0.0955. The molecule has 5 nitrogen and oxygen atoms in total. The monoisotopic (exact) mass is 280 g/mol. The smallest absolute Gasteiger partial charge is 0.316 e. The molecule has 1 heterocycles. The highest BCUT2D eigenvalue weighted by atomic mass is 16.5. The number of imidazole rings is 1. The molecule has 0 aliphatic heterocycles. The van der Waals surface area contributed by atoms with E-state index >= 15 is 0 Å². The Labute approximate surface area is 120 Å². The van der Waals surface area contributed by atoms with Crippen LogP contribution in [0.1, 0.15) is 46.0 Å². The first kappa shape index (κ1) is 16.4. The van der Waals surface area contributed by atoms with Crippen LogP contribution >= 0.6 is 0 Å². The first-order valence-corrected chi connectivity index (χ1v) is 7.28. The third-order valence-corrected chi connectivity index (χ3v) is 3.28. The Bertz CT molecular complexity index is 401. The van der Waals surface area contributed by atoms with Crippen LogP contribution in [0, 0.1) is 5.92 Å². The van der Waals surface area contributed by atoms with Gasteiger partial charge < -0.3 is 9.30 Å². The summed E-state index contributed by atoms with van der Waals surface area (Å²) in [4.78, 5) is 27.0. The number of nitrogens with zero attached hydrogens (tertiary/aromatic N) is 2. The summed E-state index contributed by atoms with van der Waals surface area (Å²) in [7, 11) is 0. The van der Waals surface area contributed by atoms with E-state index in [1.54, 1.807) is 13.1 Å². The molecule has 0 saturated carbocycles. The molecule has 0 fully saturated rings. The molecule has 0 spiro atoms. The molecule has 0 saturated heterocycles. The molecule has 0 amide bonds. The molecule has 112 valence electrons. The standard InChI is InChI=1S/C15H24N2O3/c1-3-20-15(19)14(13(2)18)8-6-4-5-7-10-17-11-9-16-12-17/h9,11-12,14H,3-8,10H2,1-2H3/t14-/m0/s1. The van der Waals surface area contributed by atoms with Gasteiger partial charge in [0.2, 0.25) is 0 Å². The van der Waals surface area contributed by atoms with Gasteiger partial charge in [-0.3, -0.25) is 9.59 Å². The summed E-state index contributed by atoms with van der Waals surface area (Å²) in [6.07, 6.45) is 10.2. The van der Waals surface area contributed by atoms with E-state index in [1.165, 1.54) is 6.92 Å². The van der Waals surface area contributed by atoms with Gasteiger partial charge in [-0.15, -0.1) is 0 Å². The first-order valence-electron chi connectivity index (χ1n) is 7.28. The maximum absolute atomic E-state index is 11.6. The van der Waals surface area contributed by atoms with Crippen LogP contribution in [0.4, 0.5) is 0 Å². The normalized spacial score (nSPS) is 12.1. The second-order valence-electron chi connectivity index (χ2n) is 4.92. The van der Waals surface area contributed by atoms with E-state index in [0.717, 1.165) is 32.2 Å². The number of ether oxygens (including phenoxy) is 1. The number of Topliss-reactive ketones (excluding diaryl/α,β-unsaturated/α-hetero) is 1. The van der Waals surface area contributed by atoms with Crippen LogP contribution in [0.15, 0.2) is 18.7 Å². The topological polar surface area (TPSA) is 61.2 Å². The average Bonchev–Trinajstić information content (AvgIpc) is 2.90. The summed E-state index contributed by atoms with van der Waals surface area (Å²) < 4.78 is 6.97. The number of carbonyl (C=O) groups excluding carboxylic acids is 2. The Balaban J connectivity index is 2.14. The van der Waals surface area contributed by atoms with E-state index in [2.05, 4.69) is 9.55 Å². The molecule has 0 N–H and O–H groups in total. The highest BCUT2D eigenvalue weighted by Gasteiger charge is 2.23. The van der Waals surface area contributed by atoms with Crippen molar-refractivity contribution in [3.63, 3.8) is 0 Å². The number of hydrogen-bond acceptors (Lipinski definition) is 4. The van der Waals surface area contributed by atoms with Crippen molar-refractivity contribution in [2.45, 2.75) is 52.5 Å². The van der Waals surface area contributed by atoms with Crippen LogP contribution in [0.25, 0.3) is 0 Å². The van der Waals surface area contributed by atoms with Gasteiger partial charge in [-0.05, 0) is 26.7 Å². The van der Waals surface area contributed by atoms with Crippen molar-refractivity contribution < 1.29 is 14.3 Å². The van der Waals surface area contributed by atoms with Crippen LogP contribution in [0.5, 0.6) is 0 Å². The SMILES string of the molecule is CCOC(=O)[C@@H](CCCCCCn1ccnc1)C(C)=O. The molecule has 0 bridgehead atoms. The third kappa shape index (κ3) is 5.99. The van der Waals surface area contributed by atoms with E-state index in [4.69, 9.17) is 4.74 Å². The predicted octanol–water partition coefficient (Wildman–Crippen LogP) is 2.60. The van der Waals surface area contributed by atoms with E-state index in [9.17, 15) is 9.59 Å². The summed E-state index contributed by atoms with van der Waals surface area (Å²) in [6.45, 7) is 4.51. The van der Waals surface area contributed by atoms with Gasteiger partial charge in [0.25, 0.3) is 0 Å². The summed E-state index contributed by atoms with van der Waals surface area (Å²) >= 11 is 0. The lowest BCUT2D eigenvalue weighted by Crippen LogP contribution is -2.24. The van der Waals surface area contributed by atoms with Gasteiger partial charge in [0.1, 0.15) is 11.7 Å². The van der Waals surface area contributed by atoms with Crippen molar-refractivity contribution in [3.8, 4) is 0 Å². The largest absolute Gasteiger partial charge is 0.465 e. The first-order chi connectivity index (χ1) is 9.65. The van der Waals surface area contributed by atoms with Crippen molar-refractivity contribution in [1.29, 1.82) is 0 Å². The number of carbonyl (C=O) groups is 2.